The predicted molar refractivity (Wildman–Crippen MR) is 119 cm³/mol. The first-order valence-electron chi connectivity index (χ1n) is 11.5. The molecule has 3 atom stereocenters. The summed E-state index contributed by atoms with van der Waals surface area (Å²) in [5, 5.41) is 15.8. The van der Waals surface area contributed by atoms with Crippen molar-refractivity contribution in [3.05, 3.63) is 27.9 Å². The Hall–Kier alpha value is -2.22. The van der Waals surface area contributed by atoms with E-state index < -0.39 is 5.97 Å². The molecule has 2 N–H and O–H groups in total. The molecule has 0 amide bonds. The predicted octanol–water partition coefficient (Wildman–Crippen LogP) is 4.15. The van der Waals surface area contributed by atoms with E-state index in [0.717, 1.165) is 49.2 Å². The molecule has 2 heterocycles. The highest BCUT2D eigenvalue weighted by molar-refractivity contribution is 7.11. The highest BCUT2D eigenvalue weighted by Gasteiger charge is 2.40. The van der Waals surface area contributed by atoms with Crippen LogP contribution in [0.15, 0.2) is 27.8 Å². The highest BCUT2D eigenvalue weighted by atomic mass is 32.1. The molecule has 2 unspecified atom stereocenters. The van der Waals surface area contributed by atoms with Gasteiger partial charge in [0.1, 0.15) is 0 Å². The molecule has 1 aliphatic heterocycles. The van der Waals surface area contributed by atoms with Gasteiger partial charge in [-0.05, 0) is 50.9 Å². The number of carbonyl (C=O) groups excluding carboxylic acids is 1. The summed E-state index contributed by atoms with van der Waals surface area (Å²) in [7, 11) is 0. The van der Waals surface area contributed by atoms with Gasteiger partial charge in [0, 0.05) is 17.3 Å². The van der Waals surface area contributed by atoms with Gasteiger partial charge in [0.05, 0.1) is 24.1 Å². The van der Waals surface area contributed by atoms with E-state index in [1.54, 1.807) is 6.20 Å². The molecule has 3 aliphatic rings. The molecule has 0 spiro atoms. The minimum atomic E-state index is -0.741. The normalized spacial score (nSPS) is 27.0. The second-order valence-corrected chi connectivity index (χ2v) is 9.63. The number of ether oxygens (including phenoxy) is 1. The largest absolute Gasteiger partial charge is 0.481 e. The molecule has 0 saturated heterocycles. The van der Waals surface area contributed by atoms with Gasteiger partial charge in [0.25, 0.3) is 0 Å². The fourth-order valence-corrected chi connectivity index (χ4v) is 5.93. The van der Waals surface area contributed by atoms with Crippen LogP contribution in [0.25, 0.3) is 0 Å². The van der Waals surface area contributed by atoms with Gasteiger partial charge >= 0.3 is 11.9 Å². The Morgan fingerprint density at radius 1 is 1.19 bits per heavy atom. The molecule has 2 aliphatic carbocycles. The molecule has 1 aromatic rings. The van der Waals surface area contributed by atoms with Crippen molar-refractivity contribution in [1.82, 2.24) is 10.3 Å². The molecule has 1 aromatic heterocycles. The summed E-state index contributed by atoms with van der Waals surface area (Å²) in [6.07, 6.45) is 10.3. The van der Waals surface area contributed by atoms with Gasteiger partial charge < -0.3 is 15.2 Å². The van der Waals surface area contributed by atoms with E-state index in [-0.39, 0.29) is 23.8 Å². The molecule has 7 nitrogen and oxygen atoms in total. The first kappa shape index (κ1) is 22.0. The molecule has 2 fully saturated rings. The lowest BCUT2D eigenvalue weighted by Gasteiger charge is -2.34. The SMILES string of the molecule is CCOC(=O)C1=C(CC2CCC[C@H]2C(=O)O)NC(c2nccs2)=NC1C1CCCCC1. The maximum absolute atomic E-state index is 13.1. The molecule has 168 valence electrons. The van der Waals surface area contributed by atoms with E-state index in [2.05, 4.69) is 10.3 Å². The third kappa shape index (κ3) is 4.84. The van der Waals surface area contributed by atoms with Gasteiger partial charge in [-0.2, -0.15) is 0 Å². The van der Waals surface area contributed by atoms with Crippen molar-refractivity contribution in [2.75, 3.05) is 6.61 Å². The second kappa shape index (κ2) is 9.94. The summed E-state index contributed by atoms with van der Waals surface area (Å²) < 4.78 is 5.46. The minimum absolute atomic E-state index is 0.00655. The van der Waals surface area contributed by atoms with Crippen LogP contribution in [0.4, 0.5) is 0 Å². The van der Waals surface area contributed by atoms with Gasteiger partial charge in [-0.3, -0.25) is 9.79 Å². The van der Waals surface area contributed by atoms with E-state index in [1.165, 1.54) is 17.8 Å². The van der Waals surface area contributed by atoms with Gasteiger partial charge in [-0.25, -0.2) is 9.78 Å². The van der Waals surface area contributed by atoms with Crippen LogP contribution < -0.4 is 5.32 Å². The molecular formula is C23H31N3O4S. The average Bonchev–Trinajstić information content (AvgIpc) is 3.46. The van der Waals surface area contributed by atoms with Crippen molar-refractivity contribution >= 4 is 29.1 Å². The Labute approximate surface area is 187 Å². The van der Waals surface area contributed by atoms with Crippen molar-refractivity contribution in [2.24, 2.45) is 22.7 Å². The zero-order chi connectivity index (χ0) is 21.8. The molecule has 0 aromatic carbocycles. The molecule has 0 radical (unpaired) electrons. The standard InChI is InChI=1S/C23H31N3O4S/c1-2-30-23(29)18-17(13-15-9-6-10-16(15)22(27)28)25-20(21-24-11-12-31-21)26-19(18)14-7-4-3-5-8-14/h11-12,14-16,19H,2-10,13H2,1H3,(H,25,26)(H,27,28)/t15?,16-,19?/m1/s1. The Bertz CT molecular complexity index is 858. The summed E-state index contributed by atoms with van der Waals surface area (Å²) in [4.78, 5) is 34.3. The number of allylic oxidation sites excluding steroid dienone is 1. The van der Waals surface area contributed by atoms with Crippen LogP contribution in [0.2, 0.25) is 0 Å². The zero-order valence-corrected chi connectivity index (χ0v) is 18.8. The number of carboxylic acid groups (broad SMARTS) is 1. The number of nitrogens with zero attached hydrogens (tertiary/aromatic N) is 2. The molecule has 4 rings (SSSR count). The number of carbonyl (C=O) groups is 2. The summed E-state index contributed by atoms with van der Waals surface area (Å²) >= 11 is 1.51. The lowest BCUT2D eigenvalue weighted by Crippen LogP contribution is -2.41. The van der Waals surface area contributed by atoms with Crippen LogP contribution in [0, 0.1) is 17.8 Å². The van der Waals surface area contributed by atoms with Crippen LogP contribution in [0.5, 0.6) is 0 Å². The summed E-state index contributed by atoms with van der Waals surface area (Å²) in [6, 6.07) is -0.265. The molecular weight excluding hydrogens is 414 g/mol. The number of rotatable bonds is 7. The zero-order valence-electron chi connectivity index (χ0n) is 18.0. The van der Waals surface area contributed by atoms with E-state index in [1.807, 2.05) is 12.3 Å². The number of nitrogens with one attached hydrogen (secondary N) is 1. The van der Waals surface area contributed by atoms with Crippen LogP contribution in [-0.2, 0) is 14.3 Å². The Kier molecular flexibility index (Phi) is 7.05. The number of aromatic nitrogens is 1. The summed E-state index contributed by atoms with van der Waals surface area (Å²) in [5.74, 6) is -0.445. The van der Waals surface area contributed by atoms with E-state index in [4.69, 9.17) is 9.73 Å². The maximum Gasteiger partial charge on any atom is 0.337 e. The van der Waals surface area contributed by atoms with Crippen LogP contribution in [0.1, 0.15) is 69.7 Å². The van der Waals surface area contributed by atoms with Crippen molar-refractivity contribution in [3.63, 3.8) is 0 Å². The van der Waals surface area contributed by atoms with Crippen LogP contribution >= 0.6 is 11.3 Å². The molecule has 31 heavy (non-hydrogen) atoms. The third-order valence-corrected chi connectivity index (χ3v) is 7.61. The van der Waals surface area contributed by atoms with Crippen LogP contribution in [-0.4, -0.2) is 40.5 Å². The summed E-state index contributed by atoms with van der Waals surface area (Å²) in [5.41, 5.74) is 1.39. The average molecular weight is 446 g/mol. The number of aliphatic imine (C=N–C) groups is 1. The van der Waals surface area contributed by atoms with Gasteiger partial charge in [0.2, 0.25) is 0 Å². The fourth-order valence-electron chi connectivity index (χ4n) is 5.35. The monoisotopic (exact) mass is 445 g/mol. The number of esters is 1. The molecule has 0 bridgehead atoms. The number of hydrogen-bond donors (Lipinski definition) is 2. The topological polar surface area (TPSA) is 101 Å². The van der Waals surface area contributed by atoms with Gasteiger partial charge in [-0.15, -0.1) is 11.3 Å². The molecule has 8 heteroatoms. The quantitative estimate of drug-likeness (QED) is 0.612. The smallest absolute Gasteiger partial charge is 0.337 e. The fraction of sp³-hybridized carbons (Fsp3) is 0.652. The lowest BCUT2D eigenvalue weighted by molar-refractivity contribution is -0.143. The first-order chi connectivity index (χ1) is 15.1. The first-order valence-corrected chi connectivity index (χ1v) is 12.3. The van der Waals surface area contributed by atoms with Gasteiger partial charge in [0.15, 0.2) is 10.8 Å². The molecule has 2 saturated carbocycles. The lowest BCUT2D eigenvalue weighted by atomic mass is 9.79. The van der Waals surface area contributed by atoms with Crippen molar-refractivity contribution in [2.45, 2.75) is 70.8 Å². The number of thiazole rings is 1. The Balaban J connectivity index is 1.72. The summed E-state index contributed by atoms with van der Waals surface area (Å²) in [6.45, 7) is 2.11. The van der Waals surface area contributed by atoms with Crippen molar-refractivity contribution in [1.29, 1.82) is 0 Å². The minimum Gasteiger partial charge on any atom is -0.481 e. The Morgan fingerprint density at radius 3 is 2.68 bits per heavy atom. The Morgan fingerprint density at radius 2 is 2.00 bits per heavy atom. The van der Waals surface area contributed by atoms with Crippen LogP contribution in [0.3, 0.4) is 0 Å². The maximum atomic E-state index is 13.1. The number of aliphatic carboxylic acids is 1. The highest BCUT2D eigenvalue weighted by Crippen LogP contribution is 2.40. The van der Waals surface area contributed by atoms with Crippen molar-refractivity contribution < 1.29 is 19.4 Å². The number of carboxylic acids is 1. The van der Waals surface area contributed by atoms with E-state index >= 15 is 0 Å². The van der Waals surface area contributed by atoms with E-state index in [9.17, 15) is 14.7 Å². The second-order valence-electron chi connectivity index (χ2n) is 8.74. The number of amidine groups is 1. The number of hydrogen-bond acceptors (Lipinski definition) is 7. The van der Waals surface area contributed by atoms with Crippen molar-refractivity contribution in [3.8, 4) is 0 Å². The third-order valence-electron chi connectivity index (χ3n) is 6.83. The van der Waals surface area contributed by atoms with Gasteiger partial charge in [-0.1, -0.05) is 25.7 Å². The van der Waals surface area contributed by atoms with E-state index in [0.29, 0.717) is 36.8 Å².